The number of hydrogen-bond acceptors (Lipinski definition) is 5. The van der Waals surface area contributed by atoms with E-state index in [-0.39, 0.29) is 5.75 Å². The van der Waals surface area contributed by atoms with Crippen LogP contribution in [0.4, 0.5) is 10.1 Å². The Morgan fingerprint density at radius 2 is 1.80 bits per heavy atom. The van der Waals surface area contributed by atoms with Crippen molar-refractivity contribution in [1.82, 2.24) is 0 Å². The van der Waals surface area contributed by atoms with Gasteiger partial charge in [0.25, 0.3) is 0 Å². The van der Waals surface area contributed by atoms with Gasteiger partial charge in [-0.1, -0.05) is 0 Å². The van der Waals surface area contributed by atoms with Crippen LogP contribution in [0.15, 0.2) is 23.1 Å². The molecule has 0 saturated heterocycles. The fraction of sp³-hybridized carbons (Fsp3) is 0.538. The molecule has 1 atom stereocenters. The first-order valence-corrected chi connectivity index (χ1v) is 7.55. The lowest BCUT2D eigenvalue weighted by Gasteiger charge is -2.07. The maximum atomic E-state index is 13.1. The first-order chi connectivity index (χ1) is 9.65. The Kier molecular flexibility index (Phi) is 8.36. The van der Waals surface area contributed by atoms with Crippen molar-refractivity contribution < 1.29 is 22.8 Å². The summed E-state index contributed by atoms with van der Waals surface area (Å²) in [7, 11) is 0.238. The molecular formula is C13H20FNO4S. The molecule has 1 rings (SSSR count). The smallest absolute Gasteiger partial charge is 0.124 e. The van der Waals surface area contributed by atoms with Crippen molar-refractivity contribution in [1.29, 1.82) is 0 Å². The highest BCUT2D eigenvalue weighted by molar-refractivity contribution is 7.85. The molecule has 0 heterocycles. The zero-order valence-electron chi connectivity index (χ0n) is 11.5. The van der Waals surface area contributed by atoms with Gasteiger partial charge in [0.05, 0.1) is 54.5 Å². The van der Waals surface area contributed by atoms with Gasteiger partial charge in [0.15, 0.2) is 0 Å². The van der Waals surface area contributed by atoms with Gasteiger partial charge in [0, 0.05) is 12.8 Å². The summed E-state index contributed by atoms with van der Waals surface area (Å²) >= 11 is 0. The van der Waals surface area contributed by atoms with E-state index < -0.39 is 16.6 Å². The molecule has 0 bridgehead atoms. The highest BCUT2D eigenvalue weighted by Crippen LogP contribution is 2.17. The second kappa shape index (κ2) is 9.82. The van der Waals surface area contributed by atoms with Crippen molar-refractivity contribution >= 4 is 16.5 Å². The largest absolute Gasteiger partial charge is 0.398 e. The first kappa shape index (κ1) is 17.0. The van der Waals surface area contributed by atoms with Gasteiger partial charge in [-0.25, -0.2) is 4.39 Å². The van der Waals surface area contributed by atoms with E-state index >= 15 is 0 Å². The van der Waals surface area contributed by atoms with Gasteiger partial charge in [-0.2, -0.15) is 0 Å². The van der Waals surface area contributed by atoms with Gasteiger partial charge in [-0.05, 0) is 18.2 Å². The molecule has 0 radical (unpaired) electrons. The number of benzene rings is 1. The number of methoxy groups -OCH3 is 1. The van der Waals surface area contributed by atoms with Crippen molar-refractivity contribution in [2.24, 2.45) is 0 Å². The highest BCUT2D eigenvalue weighted by Gasteiger charge is 2.09. The Hall–Kier alpha value is -1.02. The molecule has 0 amide bonds. The molecule has 1 unspecified atom stereocenters. The maximum Gasteiger partial charge on any atom is 0.124 e. The Morgan fingerprint density at radius 3 is 2.50 bits per heavy atom. The molecule has 0 aromatic heterocycles. The zero-order chi connectivity index (χ0) is 14.8. The van der Waals surface area contributed by atoms with Crippen LogP contribution in [-0.2, 0) is 25.0 Å². The predicted octanol–water partition coefficient (Wildman–Crippen LogP) is 1.20. The van der Waals surface area contributed by atoms with Crippen molar-refractivity contribution in [3.8, 4) is 0 Å². The number of nitrogens with two attached hydrogens (primary N) is 1. The normalized spacial score (nSPS) is 12.5. The topological polar surface area (TPSA) is 70.8 Å². The summed E-state index contributed by atoms with van der Waals surface area (Å²) in [6.07, 6.45) is 0. The summed E-state index contributed by atoms with van der Waals surface area (Å²) in [6.45, 7) is 2.24. The number of ether oxygens (including phenoxy) is 3. The minimum absolute atomic E-state index is 0.270. The van der Waals surface area contributed by atoms with E-state index in [1.165, 1.54) is 18.2 Å². The number of rotatable bonds is 10. The maximum absolute atomic E-state index is 13.1. The predicted molar refractivity (Wildman–Crippen MR) is 75.6 cm³/mol. The highest BCUT2D eigenvalue weighted by atomic mass is 32.2. The average Bonchev–Trinajstić information content (AvgIpc) is 2.44. The first-order valence-electron chi connectivity index (χ1n) is 6.23. The van der Waals surface area contributed by atoms with Gasteiger partial charge in [-0.15, -0.1) is 0 Å². The SMILES string of the molecule is COCCOCCOCCS(=O)c1cc(F)ccc1N. The fourth-order valence-electron chi connectivity index (χ4n) is 1.41. The van der Waals surface area contributed by atoms with E-state index in [4.69, 9.17) is 19.9 Å². The van der Waals surface area contributed by atoms with E-state index in [1.807, 2.05) is 0 Å². The summed E-state index contributed by atoms with van der Waals surface area (Å²) in [4.78, 5) is 0.310. The second-order valence-electron chi connectivity index (χ2n) is 3.95. The van der Waals surface area contributed by atoms with Crippen molar-refractivity contribution in [3.05, 3.63) is 24.0 Å². The lowest BCUT2D eigenvalue weighted by molar-refractivity contribution is 0.0285. The van der Waals surface area contributed by atoms with Crippen LogP contribution in [0, 0.1) is 5.82 Å². The lowest BCUT2D eigenvalue weighted by Crippen LogP contribution is -2.12. The molecule has 1 aromatic carbocycles. The van der Waals surface area contributed by atoms with Crippen molar-refractivity contribution in [2.45, 2.75) is 4.90 Å². The summed E-state index contributed by atoms with van der Waals surface area (Å²) < 4.78 is 40.3. The molecule has 2 N–H and O–H groups in total. The molecule has 0 saturated carbocycles. The summed E-state index contributed by atoms with van der Waals surface area (Å²) in [5.74, 6) is -0.179. The van der Waals surface area contributed by atoms with Crippen molar-refractivity contribution in [2.75, 3.05) is 51.6 Å². The number of hydrogen-bond donors (Lipinski definition) is 1. The van der Waals surface area contributed by atoms with Gasteiger partial charge in [0.2, 0.25) is 0 Å². The fourth-order valence-corrected chi connectivity index (χ4v) is 2.48. The molecule has 0 fully saturated rings. The Labute approximate surface area is 120 Å². The second-order valence-corrected chi connectivity index (χ2v) is 5.49. The summed E-state index contributed by atoms with van der Waals surface area (Å²) in [5, 5.41) is 0. The molecule has 1 aromatic rings. The molecule has 0 aliphatic heterocycles. The lowest BCUT2D eigenvalue weighted by atomic mass is 10.3. The standard InChI is InChI=1S/C13H20FNO4S/c1-17-4-5-18-6-7-19-8-9-20(16)13-10-11(14)2-3-12(13)15/h2-3,10H,4-9,15H2,1H3. The van der Waals surface area contributed by atoms with Crippen LogP contribution >= 0.6 is 0 Å². The minimum Gasteiger partial charge on any atom is -0.398 e. The van der Waals surface area contributed by atoms with E-state index in [9.17, 15) is 8.60 Å². The molecule has 7 heteroatoms. The number of anilines is 1. The van der Waals surface area contributed by atoms with Crippen LogP contribution in [0.25, 0.3) is 0 Å². The van der Waals surface area contributed by atoms with Crippen molar-refractivity contribution in [3.63, 3.8) is 0 Å². The summed E-state index contributed by atoms with van der Waals surface area (Å²) in [5.41, 5.74) is 5.98. The Balaban J connectivity index is 2.18. The number of halogens is 1. The molecule has 0 aliphatic carbocycles. The van der Waals surface area contributed by atoms with Crippen LogP contribution in [0.5, 0.6) is 0 Å². The molecular weight excluding hydrogens is 285 g/mol. The van der Waals surface area contributed by atoms with E-state index in [0.29, 0.717) is 43.6 Å². The monoisotopic (exact) mass is 305 g/mol. The third-order valence-electron chi connectivity index (χ3n) is 2.44. The zero-order valence-corrected chi connectivity index (χ0v) is 12.3. The average molecular weight is 305 g/mol. The van der Waals surface area contributed by atoms with Crippen LogP contribution < -0.4 is 5.73 Å². The van der Waals surface area contributed by atoms with Gasteiger partial charge < -0.3 is 19.9 Å². The van der Waals surface area contributed by atoms with E-state index in [0.717, 1.165) is 0 Å². The quantitative estimate of drug-likeness (QED) is 0.519. The minimum atomic E-state index is -1.37. The van der Waals surface area contributed by atoms with Crippen LogP contribution in [0.2, 0.25) is 0 Å². The third kappa shape index (κ3) is 6.42. The van der Waals surface area contributed by atoms with Crippen LogP contribution in [0.1, 0.15) is 0 Å². The Morgan fingerprint density at radius 1 is 1.15 bits per heavy atom. The number of nitrogen functional groups attached to an aromatic ring is 1. The molecule has 5 nitrogen and oxygen atoms in total. The van der Waals surface area contributed by atoms with Gasteiger partial charge in [-0.3, -0.25) is 4.21 Å². The molecule has 0 aliphatic rings. The molecule has 114 valence electrons. The Bertz CT molecular complexity index is 431. The molecule has 0 spiro atoms. The molecule has 20 heavy (non-hydrogen) atoms. The van der Waals surface area contributed by atoms with E-state index in [2.05, 4.69) is 0 Å². The third-order valence-corrected chi connectivity index (χ3v) is 3.82. The summed E-state index contributed by atoms with van der Waals surface area (Å²) in [6, 6.07) is 3.84. The van der Waals surface area contributed by atoms with E-state index in [1.54, 1.807) is 7.11 Å². The van der Waals surface area contributed by atoms with Gasteiger partial charge in [0.1, 0.15) is 5.82 Å². The van der Waals surface area contributed by atoms with Gasteiger partial charge >= 0.3 is 0 Å². The van der Waals surface area contributed by atoms with Crippen LogP contribution in [0.3, 0.4) is 0 Å². The van der Waals surface area contributed by atoms with Crippen LogP contribution in [-0.4, -0.2) is 50.1 Å².